The zero-order valence-electron chi connectivity index (χ0n) is 21.2. The van der Waals surface area contributed by atoms with E-state index in [1.165, 1.54) is 11.1 Å². The smallest absolute Gasteiger partial charge is 0.232 e. The molecule has 34 heavy (non-hydrogen) atoms. The number of carbonyl (C=O) groups excluding carboxylic acids is 2. The van der Waals surface area contributed by atoms with E-state index in [0.717, 1.165) is 36.5 Å². The molecule has 4 rings (SSSR count). The number of nitrogens with zero attached hydrogens (tertiary/aromatic N) is 2. The maximum absolute atomic E-state index is 12.4. The second kappa shape index (κ2) is 10.6. The van der Waals surface area contributed by atoms with Gasteiger partial charge in [0.05, 0.1) is 12.2 Å². The van der Waals surface area contributed by atoms with Gasteiger partial charge in [0.15, 0.2) is 0 Å². The summed E-state index contributed by atoms with van der Waals surface area (Å²) in [5.41, 5.74) is 3.92. The van der Waals surface area contributed by atoms with Crippen LogP contribution in [0.2, 0.25) is 0 Å². The van der Waals surface area contributed by atoms with Gasteiger partial charge in [0.1, 0.15) is 12.4 Å². The van der Waals surface area contributed by atoms with Gasteiger partial charge in [0.2, 0.25) is 11.8 Å². The SMILES string of the molecule is C.CC(C)(C)C(=O)N1CCOc2ccccc21.Cc1ccc2c(c1)CCCN2C(=O)C(C)(C)C. The standard InChI is InChI=1S/C15H21NO.C13H17NO2.CH4/c1-11-7-8-13-12(10-11)6-5-9-16(13)14(17)15(2,3)4;1-13(2,3)12(15)14-8-9-16-11-7-5-4-6-10(11)14;/h7-8,10H,5-6,9H2,1-4H3;4-7H,8-9H2,1-3H3;1H4. The van der Waals surface area contributed by atoms with Crippen LogP contribution in [0.15, 0.2) is 42.5 Å². The van der Waals surface area contributed by atoms with Crippen molar-refractivity contribution < 1.29 is 14.3 Å². The molecule has 2 aliphatic heterocycles. The van der Waals surface area contributed by atoms with Gasteiger partial charge in [0.25, 0.3) is 0 Å². The van der Waals surface area contributed by atoms with Gasteiger partial charge in [-0.15, -0.1) is 0 Å². The summed E-state index contributed by atoms with van der Waals surface area (Å²) in [6.07, 6.45) is 2.16. The number of anilines is 2. The Morgan fingerprint density at radius 2 is 1.41 bits per heavy atom. The maximum atomic E-state index is 12.4. The minimum atomic E-state index is -0.357. The van der Waals surface area contributed by atoms with Crippen molar-refractivity contribution in [3.8, 4) is 5.75 Å². The molecule has 0 atom stereocenters. The summed E-state index contributed by atoms with van der Waals surface area (Å²) in [6, 6.07) is 14.1. The molecule has 2 aromatic carbocycles. The molecule has 0 saturated heterocycles. The molecule has 0 radical (unpaired) electrons. The Kier molecular flexibility index (Phi) is 8.57. The van der Waals surface area contributed by atoms with Crippen LogP contribution in [0.25, 0.3) is 0 Å². The first-order chi connectivity index (χ1) is 15.4. The normalized spacial score (nSPS) is 15.0. The Morgan fingerprint density at radius 3 is 2.03 bits per heavy atom. The molecule has 5 heteroatoms. The molecule has 0 bridgehead atoms. The Labute approximate surface area is 206 Å². The second-order valence-electron chi connectivity index (χ2n) is 11.0. The van der Waals surface area contributed by atoms with E-state index in [1.807, 2.05) is 75.6 Å². The van der Waals surface area contributed by atoms with Gasteiger partial charge in [-0.3, -0.25) is 9.59 Å². The van der Waals surface area contributed by atoms with Crippen molar-refractivity contribution in [1.29, 1.82) is 0 Å². The summed E-state index contributed by atoms with van der Waals surface area (Å²) in [5.74, 6) is 1.16. The van der Waals surface area contributed by atoms with Gasteiger partial charge in [-0.1, -0.05) is 78.8 Å². The summed E-state index contributed by atoms with van der Waals surface area (Å²) >= 11 is 0. The fourth-order valence-corrected chi connectivity index (χ4v) is 4.13. The van der Waals surface area contributed by atoms with Crippen molar-refractivity contribution in [2.24, 2.45) is 10.8 Å². The number of fused-ring (bicyclic) bond motifs is 2. The number of amides is 2. The third kappa shape index (κ3) is 6.19. The lowest BCUT2D eigenvalue weighted by Gasteiger charge is -2.34. The Bertz CT molecular complexity index is 1010. The Hall–Kier alpha value is -2.82. The first-order valence-electron chi connectivity index (χ1n) is 11.8. The largest absolute Gasteiger partial charge is 0.490 e. The molecule has 0 fully saturated rings. The lowest BCUT2D eigenvalue weighted by atomic mass is 9.91. The van der Waals surface area contributed by atoms with E-state index in [9.17, 15) is 9.59 Å². The fourth-order valence-electron chi connectivity index (χ4n) is 4.13. The summed E-state index contributed by atoms with van der Waals surface area (Å²) in [5, 5.41) is 0. The number of benzene rings is 2. The first kappa shape index (κ1) is 27.4. The van der Waals surface area contributed by atoms with E-state index in [-0.39, 0.29) is 30.1 Å². The summed E-state index contributed by atoms with van der Waals surface area (Å²) in [7, 11) is 0. The van der Waals surface area contributed by atoms with Crippen LogP contribution >= 0.6 is 0 Å². The molecular weight excluding hydrogens is 424 g/mol. The van der Waals surface area contributed by atoms with E-state index >= 15 is 0 Å². The predicted octanol–water partition coefficient (Wildman–Crippen LogP) is 6.41. The van der Waals surface area contributed by atoms with Crippen molar-refractivity contribution in [2.45, 2.75) is 68.7 Å². The van der Waals surface area contributed by atoms with E-state index < -0.39 is 0 Å². The molecular formula is C29H42N2O3. The molecule has 0 N–H and O–H groups in total. The van der Waals surface area contributed by atoms with Crippen LogP contribution < -0.4 is 14.5 Å². The van der Waals surface area contributed by atoms with Crippen LogP contribution in [0.1, 0.15) is 66.5 Å². The average molecular weight is 467 g/mol. The predicted molar refractivity (Wildman–Crippen MR) is 142 cm³/mol. The van der Waals surface area contributed by atoms with Gasteiger partial charge in [0, 0.05) is 23.1 Å². The molecule has 0 unspecified atom stereocenters. The number of aryl methyl sites for hydroxylation is 2. The highest BCUT2D eigenvalue weighted by molar-refractivity contribution is 5.99. The number of ether oxygens (including phenoxy) is 1. The topological polar surface area (TPSA) is 49.9 Å². The maximum Gasteiger partial charge on any atom is 0.232 e. The van der Waals surface area contributed by atoms with Crippen LogP contribution in [0.5, 0.6) is 5.75 Å². The Morgan fingerprint density at radius 1 is 0.824 bits per heavy atom. The molecule has 0 saturated carbocycles. The molecule has 0 spiro atoms. The molecule has 5 nitrogen and oxygen atoms in total. The van der Waals surface area contributed by atoms with Crippen molar-refractivity contribution in [3.63, 3.8) is 0 Å². The zero-order chi connectivity index (χ0) is 24.4. The summed E-state index contributed by atoms with van der Waals surface area (Å²) in [4.78, 5) is 28.4. The van der Waals surface area contributed by atoms with Crippen molar-refractivity contribution in [3.05, 3.63) is 53.6 Å². The minimum absolute atomic E-state index is 0. The monoisotopic (exact) mass is 466 g/mol. The van der Waals surface area contributed by atoms with E-state index in [2.05, 4.69) is 25.1 Å². The number of hydrogen-bond acceptors (Lipinski definition) is 3. The summed E-state index contributed by atoms with van der Waals surface area (Å²) < 4.78 is 5.52. The van der Waals surface area contributed by atoms with E-state index in [1.54, 1.807) is 0 Å². The zero-order valence-corrected chi connectivity index (χ0v) is 21.2. The third-order valence-corrected chi connectivity index (χ3v) is 5.86. The van der Waals surface area contributed by atoms with Crippen LogP contribution in [0.3, 0.4) is 0 Å². The molecule has 0 aliphatic carbocycles. The van der Waals surface area contributed by atoms with Gasteiger partial charge < -0.3 is 14.5 Å². The molecule has 2 aliphatic rings. The van der Waals surface area contributed by atoms with E-state index in [0.29, 0.717) is 13.2 Å². The first-order valence-corrected chi connectivity index (χ1v) is 11.8. The fraction of sp³-hybridized carbons (Fsp3) is 0.517. The number of carbonyl (C=O) groups is 2. The summed E-state index contributed by atoms with van der Waals surface area (Å²) in [6.45, 7) is 15.9. The van der Waals surface area contributed by atoms with Gasteiger partial charge in [-0.2, -0.15) is 0 Å². The number of para-hydroxylation sites is 2. The van der Waals surface area contributed by atoms with Gasteiger partial charge >= 0.3 is 0 Å². The van der Waals surface area contributed by atoms with Crippen LogP contribution in [-0.4, -0.2) is 31.5 Å². The molecule has 2 heterocycles. The molecule has 2 aromatic rings. The molecule has 186 valence electrons. The average Bonchev–Trinajstić information content (AvgIpc) is 2.76. The highest BCUT2D eigenvalue weighted by Gasteiger charge is 2.32. The highest BCUT2D eigenvalue weighted by Crippen LogP contribution is 2.34. The quantitative estimate of drug-likeness (QED) is 0.450. The number of hydrogen-bond donors (Lipinski definition) is 0. The molecule has 0 aromatic heterocycles. The van der Waals surface area contributed by atoms with Crippen LogP contribution in [-0.2, 0) is 16.0 Å². The third-order valence-electron chi connectivity index (χ3n) is 5.86. The van der Waals surface area contributed by atoms with Crippen molar-refractivity contribution >= 4 is 23.2 Å². The van der Waals surface area contributed by atoms with Crippen molar-refractivity contribution in [2.75, 3.05) is 29.5 Å². The van der Waals surface area contributed by atoms with Crippen molar-refractivity contribution in [1.82, 2.24) is 0 Å². The van der Waals surface area contributed by atoms with E-state index in [4.69, 9.17) is 4.74 Å². The number of rotatable bonds is 0. The van der Waals surface area contributed by atoms with Gasteiger partial charge in [-0.25, -0.2) is 0 Å². The molecule has 2 amide bonds. The minimum Gasteiger partial charge on any atom is -0.490 e. The Balaban J connectivity index is 0.000000234. The lowest BCUT2D eigenvalue weighted by molar-refractivity contribution is -0.126. The highest BCUT2D eigenvalue weighted by atomic mass is 16.5. The lowest BCUT2D eigenvalue weighted by Crippen LogP contribution is -2.44. The van der Waals surface area contributed by atoms with Gasteiger partial charge in [-0.05, 0) is 43.5 Å². The van der Waals surface area contributed by atoms with Crippen LogP contribution in [0, 0.1) is 17.8 Å². The van der Waals surface area contributed by atoms with Crippen LogP contribution in [0.4, 0.5) is 11.4 Å². The second-order valence-corrected chi connectivity index (χ2v) is 11.0.